The van der Waals surface area contributed by atoms with Crippen LogP contribution in [0.5, 0.6) is 5.88 Å². The first kappa shape index (κ1) is 12.2. The van der Waals surface area contributed by atoms with Crippen molar-refractivity contribution in [3.8, 4) is 5.88 Å². The number of piperidine rings is 1. The molecule has 2 aliphatic heterocycles. The molecule has 4 nitrogen and oxygen atoms in total. The minimum absolute atomic E-state index is 0.206. The van der Waals surface area contributed by atoms with Gasteiger partial charge in [-0.3, -0.25) is 0 Å². The quantitative estimate of drug-likeness (QED) is 0.895. The van der Waals surface area contributed by atoms with Gasteiger partial charge in [-0.2, -0.15) is 0 Å². The van der Waals surface area contributed by atoms with Crippen molar-refractivity contribution in [2.45, 2.75) is 56.7 Å². The summed E-state index contributed by atoms with van der Waals surface area (Å²) in [5.74, 6) is 0.568. The van der Waals surface area contributed by atoms with Crippen molar-refractivity contribution in [1.82, 2.24) is 15.5 Å². The summed E-state index contributed by atoms with van der Waals surface area (Å²) in [6.45, 7) is 4.56. The van der Waals surface area contributed by atoms with Crippen LogP contribution in [-0.4, -0.2) is 27.4 Å². The number of nitrogens with zero attached hydrogens (tertiary/aromatic N) is 2. The van der Waals surface area contributed by atoms with Gasteiger partial charge in [-0.25, -0.2) is 0 Å². The molecule has 0 spiro atoms. The molecule has 0 radical (unpaired) electrons. The van der Waals surface area contributed by atoms with Gasteiger partial charge in [-0.15, -0.1) is 10.2 Å². The second-order valence-corrected chi connectivity index (χ2v) is 6.48. The molecule has 1 aromatic rings. The lowest BCUT2D eigenvalue weighted by Crippen LogP contribution is -2.56. The van der Waals surface area contributed by atoms with E-state index in [1.165, 1.54) is 12.8 Å². The zero-order valence-corrected chi connectivity index (χ0v) is 11.5. The monoisotopic (exact) mass is 267 g/mol. The van der Waals surface area contributed by atoms with Gasteiger partial charge in [0.1, 0.15) is 6.10 Å². The lowest BCUT2D eigenvalue weighted by atomic mass is 9.86. The molecule has 5 heteroatoms. The summed E-state index contributed by atoms with van der Waals surface area (Å²) in [7, 11) is 0. The molecule has 98 valence electrons. The molecule has 2 aliphatic rings. The van der Waals surface area contributed by atoms with E-state index in [2.05, 4.69) is 29.4 Å². The van der Waals surface area contributed by atoms with Crippen molar-refractivity contribution < 1.29 is 4.74 Å². The summed E-state index contributed by atoms with van der Waals surface area (Å²) in [4.78, 5) is 0. The topological polar surface area (TPSA) is 47.0 Å². The van der Waals surface area contributed by atoms with Crippen LogP contribution in [0.1, 0.15) is 39.5 Å². The van der Waals surface area contributed by atoms with Crippen molar-refractivity contribution in [2.24, 2.45) is 0 Å². The fourth-order valence-corrected chi connectivity index (χ4v) is 3.51. The molecule has 3 rings (SSSR count). The highest BCUT2D eigenvalue weighted by Crippen LogP contribution is 2.42. The van der Waals surface area contributed by atoms with Gasteiger partial charge in [-0.05, 0) is 32.8 Å². The molecule has 2 bridgehead atoms. The molecule has 0 aromatic carbocycles. The summed E-state index contributed by atoms with van der Waals surface area (Å²) in [5, 5.41) is 11.9. The summed E-state index contributed by atoms with van der Waals surface area (Å²) in [5.41, 5.74) is 0.412. The van der Waals surface area contributed by atoms with Gasteiger partial charge in [-0.1, -0.05) is 11.6 Å². The van der Waals surface area contributed by atoms with Gasteiger partial charge in [0.15, 0.2) is 5.15 Å². The maximum atomic E-state index is 5.95. The Kier molecular flexibility index (Phi) is 2.75. The van der Waals surface area contributed by atoms with E-state index in [1.807, 2.05) is 0 Å². The molecule has 3 atom stereocenters. The van der Waals surface area contributed by atoms with Crippen molar-refractivity contribution in [2.75, 3.05) is 0 Å². The van der Waals surface area contributed by atoms with Crippen LogP contribution in [0, 0.1) is 0 Å². The fraction of sp³-hybridized carbons (Fsp3) is 0.692. The maximum Gasteiger partial charge on any atom is 0.233 e. The first-order valence-corrected chi connectivity index (χ1v) is 6.80. The Bertz CT molecular complexity index is 434. The zero-order chi connectivity index (χ0) is 12.8. The molecule has 1 unspecified atom stereocenters. The number of hydrogen-bond acceptors (Lipinski definition) is 4. The Hall–Kier alpha value is -0.870. The van der Waals surface area contributed by atoms with E-state index in [1.54, 1.807) is 12.1 Å². The molecule has 1 N–H and O–H groups in total. The van der Waals surface area contributed by atoms with Crippen LogP contribution >= 0.6 is 11.6 Å². The van der Waals surface area contributed by atoms with E-state index in [0.717, 1.165) is 12.8 Å². The van der Waals surface area contributed by atoms with Gasteiger partial charge in [0, 0.05) is 30.0 Å². The van der Waals surface area contributed by atoms with Gasteiger partial charge >= 0.3 is 0 Å². The van der Waals surface area contributed by atoms with E-state index in [9.17, 15) is 0 Å². The van der Waals surface area contributed by atoms with Crippen LogP contribution in [0.4, 0.5) is 0 Å². The number of ether oxygens (including phenoxy) is 1. The van der Waals surface area contributed by atoms with Crippen molar-refractivity contribution in [1.29, 1.82) is 0 Å². The van der Waals surface area contributed by atoms with E-state index in [-0.39, 0.29) is 17.2 Å². The standard InChI is InChI=1S/C13H18ClN3O/c1-12-5-6-13(2,17-12)8-9(7-12)18-11-4-3-10(14)15-16-11/h3-4,9,17H,5-8H2,1-2H3/t9?,12-,13+. The van der Waals surface area contributed by atoms with Crippen LogP contribution in [0.2, 0.25) is 5.15 Å². The molecule has 18 heavy (non-hydrogen) atoms. The fourth-order valence-electron chi connectivity index (χ4n) is 3.41. The van der Waals surface area contributed by atoms with E-state index in [4.69, 9.17) is 16.3 Å². The number of rotatable bonds is 2. The second-order valence-electron chi connectivity index (χ2n) is 6.09. The van der Waals surface area contributed by atoms with Crippen molar-refractivity contribution in [3.63, 3.8) is 0 Å². The lowest BCUT2D eigenvalue weighted by Gasteiger charge is -2.41. The molecule has 3 heterocycles. The average molecular weight is 268 g/mol. The minimum Gasteiger partial charge on any atom is -0.473 e. The summed E-state index contributed by atoms with van der Waals surface area (Å²) < 4.78 is 5.95. The number of aromatic nitrogens is 2. The molecule has 2 fully saturated rings. The van der Waals surface area contributed by atoms with Gasteiger partial charge in [0.25, 0.3) is 0 Å². The molecule has 0 amide bonds. The Morgan fingerprint density at radius 3 is 2.44 bits per heavy atom. The third kappa shape index (κ3) is 2.31. The third-order valence-corrected chi connectivity index (χ3v) is 4.29. The second kappa shape index (κ2) is 4.07. The first-order chi connectivity index (χ1) is 8.46. The van der Waals surface area contributed by atoms with Crippen LogP contribution in [0.25, 0.3) is 0 Å². The number of nitrogens with one attached hydrogen (secondary N) is 1. The van der Waals surface area contributed by atoms with Crippen molar-refractivity contribution >= 4 is 11.6 Å². The molecule has 1 aromatic heterocycles. The summed E-state index contributed by atoms with van der Waals surface area (Å²) in [6, 6.07) is 3.49. The molecule has 0 aliphatic carbocycles. The molecule has 2 saturated heterocycles. The van der Waals surface area contributed by atoms with E-state index >= 15 is 0 Å². The van der Waals surface area contributed by atoms with Gasteiger partial charge in [0.2, 0.25) is 5.88 Å². The Morgan fingerprint density at radius 1 is 1.22 bits per heavy atom. The SMILES string of the molecule is C[C@]12CC[C@](C)(CC(Oc3ccc(Cl)nn3)C1)N2. The Balaban J connectivity index is 1.72. The zero-order valence-electron chi connectivity index (χ0n) is 10.7. The lowest BCUT2D eigenvalue weighted by molar-refractivity contribution is 0.0753. The van der Waals surface area contributed by atoms with Crippen LogP contribution in [0.15, 0.2) is 12.1 Å². The van der Waals surface area contributed by atoms with Crippen LogP contribution in [0.3, 0.4) is 0 Å². The van der Waals surface area contributed by atoms with Gasteiger partial charge < -0.3 is 10.1 Å². The Morgan fingerprint density at radius 2 is 1.89 bits per heavy atom. The largest absolute Gasteiger partial charge is 0.473 e. The molecule has 0 saturated carbocycles. The smallest absolute Gasteiger partial charge is 0.233 e. The summed E-state index contributed by atoms with van der Waals surface area (Å²) in [6.07, 6.45) is 4.68. The van der Waals surface area contributed by atoms with E-state index in [0.29, 0.717) is 11.0 Å². The minimum atomic E-state index is 0.206. The highest BCUT2D eigenvalue weighted by Gasteiger charge is 2.49. The third-order valence-electron chi connectivity index (χ3n) is 4.08. The highest BCUT2D eigenvalue weighted by atomic mass is 35.5. The number of hydrogen-bond donors (Lipinski definition) is 1. The highest BCUT2D eigenvalue weighted by molar-refractivity contribution is 6.29. The Labute approximate surface area is 112 Å². The van der Waals surface area contributed by atoms with Gasteiger partial charge in [0.05, 0.1) is 0 Å². The predicted molar refractivity (Wildman–Crippen MR) is 69.9 cm³/mol. The summed E-state index contributed by atoms with van der Waals surface area (Å²) >= 11 is 5.72. The number of halogens is 1. The average Bonchev–Trinajstić information content (AvgIpc) is 2.51. The molecular formula is C13H18ClN3O. The van der Waals surface area contributed by atoms with Crippen LogP contribution in [-0.2, 0) is 0 Å². The first-order valence-electron chi connectivity index (χ1n) is 6.42. The van der Waals surface area contributed by atoms with Crippen molar-refractivity contribution in [3.05, 3.63) is 17.3 Å². The number of fused-ring (bicyclic) bond motifs is 2. The molecular weight excluding hydrogens is 250 g/mol. The maximum absolute atomic E-state index is 5.95. The predicted octanol–water partition coefficient (Wildman–Crippen LogP) is 2.57. The van der Waals surface area contributed by atoms with E-state index < -0.39 is 0 Å². The normalized spacial score (nSPS) is 38.7. The van der Waals surface area contributed by atoms with Crippen LogP contribution < -0.4 is 10.1 Å².